The molecule has 0 radical (unpaired) electrons. The monoisotopic (exact) mass is 287 g/mol. The molecule has 0 unspecified atom stereocenters. The second-order valence-corrected chi connectivity index (χ2v) is 3.80. The molecular formula is C11H11F2N3O4. The number of nitrogens with zero attached hydrogens (tertiary/aromatic N) is 2. The molecule has 9 heteroatoms. The van der Waals surface area contributed by atoms with E-state index in [-0.39, 0.29) is 6.54 Å². The maximum Gasteiger partial charge on any atom is 0.305 e. The average Bonchev–Trinajstić information content (AvgIpc) is 2.34. The molecule has 0 aliphatic heterocycles. The Balaban J connectivity index is 3.30. The highest BCUT2D eigenvalue weighted by Crippen LogP contribution is 2.24. The van der Waals surface area contributed by atoms with Gasteiger partial charge in [0.2, 0.25) is 11.7 Å². The number of carbonyl (C=O) groups is 2. The van der Waals surface area contributed by atoms with E-state index in [9.17, 15) is 28.5 Å². The van der Waals surface area contributed by atoms with Crippen molar-refractivity contribution in [1.29, 1.82) is 0 Å². The molecule has 1 rings (SSSR count). The quantitative estimate of drug-likeness (QED) is 0.639. The van der Waals surface area contributed by atoms with Gasteiger partial charge >= 0.3 is 5.69 Å². The van der Waals surface area contributed by atoms with Crippen LogP contribution in [0.4, 0.5) is 14.5 Å². The summed E-state index contributed by atoms with van der Waals surface area (Å²) in [7, 11) is 0. The van der Waals surface area contributed by atoms with Crippen molar-refractivity contribution in [2.75, 3.05) is 13.1 Å². The Hall–Kier alpha value is -2.58. The number of rotatable bonds is 5. The molecule has 2 amide bonds. The molecule has 20 heavy (non-hydrogen) atoms. The second-order valence-electron chi connectivity index (χ2n) is 3.80. The van der Waals surface area contributed by atoms with Gasteiger partial charge in [0.1, 0.15) is 11.4 Å². The summed E-state index contributed by atoms with van der Waals surface area (Å²) >= 11 is 0. The lowest BCUT2D eigenvalue weighted by Gasteiger charge is -2.19. The van der Waals surface area contributed by atoms with Crippen LogP contribution in [0.2, 0.25) is 0 Å². The Kier molecular flexibility index (Phi) is 4.68. The van der Waals surface area contributed by atoms with Crippen molar-refractivity contribution in [2.24, 2.45) is 5.73 Å². The third-order valence-electron chi connectivity index (χ3n) is 2.50. The van der Waals surface area contributed by atoms with E-state index in [1.54, 1.807) is 0 Å². The minimum Gasteiger partial charge on any atom is -0.368 e. The van der Waals surface area contributed by atoms with Crippen LogP contribution < -0.4 is 5.73 Å². The van der Waals surface area contributed by atoms with E-state index in [2.05, 4.69) is 0 Å². The van der Waals surface area contributed by atoms with Crippen LogP contribution in [0.3, 0.4) is 0 Å². The van der Waals surface area contributed by atoms with E-state index in [0.717, 1.165) is 4.90 Å². The molecule has 0 aliphatic rings. The number of nitrogens with two attached hydrogens (primary N) is 1. The van der Waals surface area contributed by atoms with E-state index < -0.39 is 46.2 Å². The van der Waals surface area contributed by atoms with Crippen LogP contribution in [0, 0.1) is 21.7 Å². The zero-order valence-electron chi connectivity index (χ0n) is 10.4. The Morgan fingerprint density at radius 1 is 1.40 bits per heavy atom. The van der Waals surface area contributed by atoms with Gasteiger partial charge in [0, 0.05) is 12.6 Å². The summed E-state index contributed by atoms with van der Waals surface area (Å²) in [5, 5.41) is 10.6. The number of amides is 2. The highest BCUT2D eigenvalue weighted by atomic mass is 19.1. The standard InChI is InChI=1S/C11H11F2N3O4/c1-2-15(5-8(14)17)11(18)9-6(12)3-4-7(10(9)13)16(19)20/h3-4H,2,5H2,1H3,(H2,14,17). The highest BCUT2D eigenvalue weighted by Gasteiger charge is 2.29. The van der Waals surface area contributed by atoms with E-state index >= 15 is 0 Å². The van der Waals surface area contributed by atoms with Crippen LogP contribution in [-0.4, -0.2) is 34.7 Å². The number of benzene rings is 1. The summed E-state index contributed by atoms with van der Waals surface area (Å²) in [5.74, 6) is -4.87. The summed E-state index contributed by atoms with van der Waals surface area (Å²) in [4.78, 5) is 33.0. The average molecular weight is 287 g/mol. The Labute approximate surface area is 112 Å². The summed E-state index contributed by atoms with van der Waals surface area (Å²) in [5.41, 5.74) is 2.81. The van der Waals surface area contributed by atoms with E-state index in [1.165, 1.54) is 6.92 Å². The highest BCUT2D eigenvalue weighted by molar-refractivity contribution is 5.97. The Morgan fingerprint density at radius 2 is 2.00 bits per heavy atom. The van der Waals surface area contributed by atoms with Crippen LogP contribution in [0.15, 0.2) is 12.1 Å². The molecule has 0 aromatic heterocycles. The van der Waals surface area contributed by atoms with E-state index in [4.69, 9.17) is 5.73 Å². The maximum atomic E-state index is 13.8. The van der Waals surface area contributed by atoms with Crippen LogP contribution >= 0.6 is 0 Å². The van der Waals surface area contributed by atoms with Crippen molar-refractivity contribution >= 4 is 17.5 Å². The predicted octanol–water partition coefficient (Wildman–Crippen LogP) is 0.820. The van der Waals surface area contributed by atoms with Crippen molar-refractivity contribution in [2.45, 2.75) is 6.92 Å². The van der Waals surface area contributed by atoms with Crippen LogP contribution in [0.1, 0.15) is 17.3 Å². The molecular weight excluding hydrogens is 276 g/mol. The lowest BCUT2D eigenvalue weighted by molar-refractivity contribution is -0.387. The van der Waals surface area contributed by atoms with Gasteiger partial charge in [0.25, 0.3) is 5.91 Å². The molecule has 0 bridgehead atoms. The molecule has 2 N–H and O–H groups in total. The zero-order valence-corrected chi connectivity index (χ0v) is 10.4. The van der Waals surface area contributed by atoms with Gasteiger partial charge in [-0.3, -0.25) is 19.7 Å². The molecule has 0 fully saturated rings. The molecule has 0 saturated carbocycles. The molecule has 0 spiro atoms. The minimum atomic E-state index is -1.58. The van der Waals surface area contributed by atoms with Gasteiger partial charge in [-0.1, -0.05) is 0 Å². The molecule has 0 heterocycles. The fourth-order valence-corrected chi connectivity index (χ4v) is 1.55. The van der Waals surface area contributed by atoms with Crippen LogP contribution in [0.5, 0.6) is 0 Å². The van der Waals surface area contributed by atoms with Crippen molar-refractivity contribution in [3.8, 4) is 0 Å². The minimum absolute atomic E-state index is 0.0383. The van der Waals surface area contributed by atoms with Crippen molar-refractivity contribution < 1.29 is 23.3 Å². The van der Waals surface area contributed by atoms with Crippen LogP contribution in [-0.2, 0) is 4.79 Å². The molecule has 0 aliphatic carbocycles. The number of hydrogen-bond acceptors (Lipinski definition) is 4. The number of hydrogen-bond donors (Lipinski definition) is 1. The largest absolute Gasteiger partial charge is 0.368 e. The lowest BCUT2D eigenvalue weighted by Crippen LogP contribution is -2.39. The Bertz CT molecular complexity index is 577. The van der Waals surface area contributed by atoms with Gasteiger partial charge in [-0.2, -0.15) is 4.39 Å². The van der Waals surface area contributed by atoms with Gasteiger partial charge in [0.15, 0.2) is 0 Å². The molecule has 0 saturated heterocycles. The third kappa shape index (κ3) is 3.05. The summed E-state index contributed by atoms with van der Waals surface area (Å²) in [6.45, 7) is 0.883. The van der Waals surface area contributed by atoms with Crippen molar-refractivity contribution in [1.82, 2.24) is 4.90 Å². The number of carbonyl (C=O) groups excluding carboxylic acids is 2. The molecule has 7 nitrogen and oxygen atoms in total. The Morgan fingerprint density at radius 3 is 2.45 bits per heavy atom. The summed E-state index contributed by atoms with van der Waals surface area (Å²) in [6.07, 6.45) is 0. The first-order chi connectivity index (χ1) is 9.29. The van der Waals surface area contributed by atoms with Gasteiger partial charge in [-0.25, -0.2) is 4.39 Å². The molecule has 108 valence electrons. The number of likely N-dealkylation sites (N-methyl/N-ethyl adjacent to an activating group) is 1. The SMILES string of the molecule is CCN(CC(N)=O)C(=O)c1c(F)ccc([N+](=O)[O-])c1F. The van der Waals surface area contributed by atoms with Crippen molar-refractivity contribution in [3.63, 3.8) is 0 Å². The fraction of sp³-hybridized carbons (Fsp3) is 0.273. The smallest absolute Gasteiger partial charge is 0.305 e. The topological polar surface area (TPSA) is 107 Å². The zero-order chi connectivity index (χ0) is 15.4. The van der Waals surface area contributed by atoms with Gasteiger partial charge in [-0.15, -0.1) is 0 Å². The second kappa shape index (κ2) is 6.04. The number of halogens is 2. The first kappa shape index (κ1) is 15.5. The van der Waals surface area contributed by atoms with E-state index in [0.29, 0.717) is 12.1 Å². The van der Waals surface area contributed by atoms with Gasteiger partial charge in [-0.05, 0) is 13.0 Å². The van der Waals surface area contributed by atoms with Crippen molar-refractivity contribution in [3.05, 3.63) is 39.4 Å². The maximum absolute atomic E-state index is 13.8. The van der Waals surface area contributed by atoms with Gasteiger partial charge < -0.3 is 10.6 Å². The number of nitro benzene ring substituents is 1. The molecule has 1 aromatic carbocycles. The lowest BCUT2D eigenvalue weighted by atomic mass is 10.1. The number of nitro groups is 1. The first-order valence-electron chi connectivity index (χ1n) is 5.49. The fourth-order valence-electron chi connectivity index (χ4n) is 1.55. The third-order valence-corrected chi connectivity index (χ3v) is 2.50. The van der Waals surface area contributed by atoms with E-state index in [1.807, 2.05) is 0 Å². The predicted molar refractivity (Wildman–Crippen MR) is 63.8 cm³/mol. The first-order valence-corrected chi connectivity index (χ1v) is 5.49. The van der Waals surface area contributed by atoms with Crippen LogP contribution in [0.25, 0.3) is 0 Å². The number of primary amides is 1. The summed E-state index contributed by atoms with van der Waals surface area (Å²) < 4.78 is 27.4. The molecule has 1 aromatic rings. The normalized spacial score (nSPS) is 10.2. The van der Waals surface area contributed by atoms with Gasteiger partial charge in [0.05, 0.1) is 11.5 Å². The summed E-state index contributed by atoms with van der Waals surface area (Å²) in [6, 6.07) is 1.23. The molecule has 0 atom stereocenters.